The second-order valence-electron chi connectivity index (χ2n) is 5.08. The fourth-order valence-electron chi connectivity index (χ4n) is 2.53. The molecule has 1 aromatic heterocycles. The van der Waals surface area contributed by atoms with E-state index in [9.17, 15) is 0 Å². The summed E-state index contributed by atoms with van der Waals surface area (Å²) in [5, 5.41) is 4.37. The number of hydrogen-bond acceptors (Lipinski definition) is 5. The zero-order valence-electron chi connectivity index (χ0n) is 12.1. The third kappa shape index (κ3) is 3.53. The molecule has 0 saturated heterocycles. The van der Waals surface area contributed by atoms with Crippen molar-refractivity contribution in [3.63, 3.8) is 0 Å². The predicted octanol–water partition coefficient (Wildman–Crippen LogP) is 3.02. The first-order valence-corrected chi connectivity index (χ1v) is 8.20. The molecule has 106 valence electrons. The Balaban J connectivity index is 2.05. The minimum Gasteiger partial charge on any atom is -0.383 e. The lowest BCUT2D eigenvalue weighted by atomic mass is 10.2. The summed E-state index contributed by atoms with van der Waals surface area (Å²) in [4.78, 5) is 8.87. The van der Waals surface area contributed by atoms with Gasteiger partial charge in [-0.3, -0.25) is 0 Å². The van der Waals surface area contributed by atoms with E-state index in [2.05, 4.69) is 40.9 Å². The summed E-state index contributed by atoms with van der Waals surface area (Å²) in [5.41, 5.74) is 6.93. The molecule has 1 aliphatic carbocycles. The number of nitrogen functional groups attached to an aromatic ring is 1. The molecule has 2 rings (SSSR count). The zero-order valence-corrected chi connectivity index (χ0v) is 12.9. The van der Waals surface area contributed by atoms with Gasteiger partial charge >= 0.3 is 0 Å². The predicted molar refractivity (Wildman–Crippen MR) is 83.7 cm³/mol. The van der Waals surface area contributed by atoms with E-state index in [1.54, 1.807) is 0 Å². The van der Waals surface area contributed by atoms with Crippen LogP contribution >= 0.6 is 11.8 Å². The van der Waals surface area contributed by atoms with Crippen molar-refractivity contribution in [1.82, 2.24) is 9.97 Å². The van der Waals surface area contributed by atoms with Gasteiger partial charge in [-0.15, -0.1) is 0 Å². The first kappa shape index (κ1) is 14.4. The van der Waals surface area contributed by atoms with Crippen LogP contribution in [0.5, 0.6) is 0 Å². The van der Waals surface area contributed by atoms with E-state index >= 15 is 0 Å². The molecule has 5 heteroatoms. The second kappa shape index (κ2) is 6.46. The second-order valence-corrected chi connectivity index (χ2v) is 6.66. The number of nitrogens with zero attached hydrogens (tertiary/aromatic N) is 2. The van der Waals surface area contributed by atoms with Crippen molar-refractivity contribution >= 4 is 23.4 Å². The van der Waals surface area contributed by atoms with Crippen molar-refractivity contribution in [3.8, 4) is 0 Å². The molecule has 0 bridgehead atoms. The molecule has 1 heterocycles. The van der Waals surface area contributed by atoms with Gasteiger partial charge in [-0.25, -0.2) is 9.97 Å². The van der Waals surface area contributed by atoms with Crippen LogP contribution in [0.25, 0.3) is 0 Å². The Kier molecular flexibility index (Phi) is 4.91. The third-order valence-electron chi connectivity index (χ3n) is 3.67. The fraction of sp³-hybridized carbons (Fsp3) is 0.714. The molecule has 1 aliphatic rings. The highest BCUT2D eigenvalue weighted by Gasteiger charge is 2.25. The lowest BCUT2D eigenvalue weighted by molar-refractivity contribution is 0.747. The van der Waals surface area contributed by atoms with Gasteiger partial charge in [0.25, 0.3) is 0 Å². The number of aromatic nitrogens is 2. The zero-order chi connectivity index (χ0) is 13.8. The quantitative estimate of drug-likeness (QED) is 0.868. The molecule has 2 unspecified atom stereocenters. The van der Waals surface area contributed by atoms with E-state index in [4.69, 9.17) is 5.73 Å². The van der Waals surface area contributed by atoms with Crippen LogP contribution in [0.15, 0.2) is 0 Å². The van der Waals surface area contributed by atoms with Crippen LogP contribution < -0.4 is 11.1 Å². The van der Waals surface area contributed by atoms with Gasteiger partial charge in [-0.05, 0) is 31.9 Å². The molecule has 4 nitrogen and oxygen atoms in total. The van der Waals surface area contributed by atoms with E-state index < -0.39 is 0 Å². The number of nitrogens with one attached hydrogen (secondary N) is 1. The minimum atomic E-state index is 0.529. The van der Waals surface area contributed by atoms with E-state index in [1.165, 1.54) is 25.0 Å². The molecule has 3 N–H and O–H groups in total. The Labute approximate surface area is 120 Å². The summed E-state index contributed by atoms with van der Waals surface area (Å²) in [5.74, 6) is 3.56. The smallest absolute Gasteiger partial charge is 0.134 e. The average molecular weight is 280 g/mol. The van der Waals surface area contributed by atoms with Gasteiger partial charge in [-0.1, -0.05) is 13.8 Å². The van der Waals surface area contributed by atoms with Crippen molar-refractivity contribution in [3.05, 3.63) is 11.4 Å². The largest absolute Gasteiger partial charge is 0.383 e. The summed E-state index contributed by atoms with van der Waals surface area (Å²) in [7, 11) is 0. The molecular weight excluding hydrogens is 256 g/mol. The Morgan fingerprint density at radius 1 is 1.32 bits per heavy atom. The maximum atomic E-state index is 5.95. The molecule has 0 radical (unpaired) electrons. The number of thioether (sulfide) groups is 1. The highest BCUT2D eigenvalue weighted by molar-refractivity contribution is 7.99. The Morgan fingerprint density at radius 3 is 2.79 bits per heavy atom. The van der Waals surface area contributed by atoms with Gasteiger partial charge in [0.2, 0.25) is 0 Å². The van der Waals surface area contributed by atoms with Gasteiger partial charge in [0.05, 0.1) is 0 Å². The number of rotatable bonds is 5. The number of aryl methyl sites for hydroxylation is 1. The monoisotopic (exact) mass is 280 g/mol. The van der Waals surface area contributed by atoms with Crippen LogP contribution in [-0.2, 0) is 6.42 Å². The SMILES string of the molecule is CCSC1CCC(Nc2nc(CC)nc(N)c2C)C1. The Bertz CT molecular complexity index is 436. The average Bonchev–Trinajstić information content (AvgIpc) is 2.82. The van der Waals surface area contributed by atoms with E-state index in [0.717, 1.165) is 28.9 Å². The van der Waals surface area contributed by atoms with Gasteiger partial charge in [0, 0.05) is 23.3 Å². The van der Waals surface area contributed by atoms with Crippen molar-refractivity contribution in [2.75, 3.05) is 16.8 Å². The first-order valence-electron chi connectivity index (χ1n) is 7.15. The van der Waals surface area contributed by atoms with Crippen LogP contribution in [0, 0.1) is 6.92 Å². The molecule has 1 fully saturated rings. The van der Waals surface area contributed by atoms with Crippen LogP contribution in [0.2, 0.25) is 0 Å². The summed E-state index contributed by atoms with van der Waals surface area (Å²) >= 11 is 2.07. The van der Waals surface area contributed by atoms with Gasteiger partial charge < -0.3 is 11.1 Å². The summed E-state index contributed by atoms with van der Waals surface area (Å²) < 4.78 is 0. The van der Waals surface area contributed by atoms with E-state index in [1.807, 2.05) is 6.92 Å². The molecule has 0 amide bonds. The molecule has 1 aromatic rings. The number of nitrogens with two attached hydrogens (primary N) is 1. The summed E-state index contributed by atoms with van der Waals surface area (Å²) in [6.07, 6.45) is 4.57. The molecule has 1 saturated carbocycles. The highest BCUT2D eigenvalue weighted by atomic mass is 32.2. The van der Waals surface area contributed by atoms with Crippen LogP contribution in [0.3, 0.4) is 0 Å². The van der Waals surface area contributed by atoms with Gasteiger partial charge in [0.15, 0.2) is 0 Å². The maximum Gasteiger partial charge on any atom is 0.134 e. The van der Waals surface area contributed by atoms with Crippen molar-refractivity contribution in [2.24, 2.45) is 0 Å². The number of anilines is 2. The van der Waals surface area contributed by atoms with Crippen molar-refractivity contribution in [2.45, 2.75) is 57.7 Å². The first-order chi connectivity index (χ1) is 9.13. The van der Waals surface area contributed by atoms with Gasteiger partial charge in [0.1, 0.15) is 17.5 Å². The summed E-state index contributed by atoms with van der Waals surface area (Å²) in [6, 6.07) is 0.529. The van der Waals surface area contributed by atoms with E-state index in [0.29, 0.717) is 11.9 Å². The molecule has 0 spiro atoms. The highest BCUT2D eigenvalue weighted by Crippen LogP contribution is 2.32. The molecule has 0 aromatic carbocycles. The molecule has 0 aliphatic heterocycles. The molecular formula is C14H24N4S. The lowest BCUT2D eigenvalue weighted by Crippen LogP contribution is -2.19. The summed E-state index contributed by atoms with van der Waals surface area (Å²) in [6.45, 7) is 6.27. The maximum absolute atomic E-state index is 5.95. The molecule has 2 atom stereocenters. The topological polar surface area (TPSA) is 63.8 Å². The number of hydrogen-bond donors (Lipinski definition) is 2. The van der Waals surface area contributed by atoms with Crippen molar-refractivity contribution < 1.29 is 0 Å². The van der Waals surface area contributed by atoms with E-state index in [-0.39, 0.29) is 0 Å². The minimum absolute atomic E-state index is 0.529. The third-order valence-corrected chi connectivity index (χ3v) is 4.91. The fourth-order valence-corrected chi connectivity index (χ4v) is 3.67. The van der Waals surface area contributed by atoms with Gasteiger partial charge in [-0.2, -0.15) is 11.8 Å². The van der Waals surface area contributed by atoms with Crippen LogP contribution in [-0.4, -0.2) is 27.0 Å². The normalized spacial score (nSPS) is 22.7. The Hall–Kier alpha value is -0.970. The Morgan fingerprint density at radius 2 is 2.11 bits per heavy atom. The van der Waals surface area contributed by atoms with Crippen LogP contribution in [0.1, 0.15) is 44.5 Å². The van der Waals surface area contributed by atoms with Crippen LogP contribution in [0.4, 0.5) is 11.6 Å². The van der Waals surface area contributed by atoms with Crippen molar-refractivity contribution in [1.29, 1.82) is 0 Å². The molecule has 19 heavy (non-hydrogen) atoms. The standard InChI is InChI=1S/C14H24N4S/c1-4-12-17-13(15)9(3)14(18-12)16-10-6-7-11(8-10)19-5-2/h10-11H,4-8H2,1-3H3,(H3,15,16,17,18). The lowest BCUT2D eigenvalue weighted by Gasteiger charge is -2.17.